The molecule has 0 aromatic carbocycles. The number of likely N-dealkylation sites (N-methyl/N-ethyl adjacent to an activating group) is 1. The van der Waals surface area contributed by atoms with Crippen LogP contribution in [-0.2, 0) is 11.8 Å². The number of aromatic amines is 1. The van der Waals surface area contributed by atoms with E-state index in [-0.39, 0.29) is 11.5 Å². The van der Waals surface area contributed by atoms with Crippen molar-refractivity contribution in [2.24, 2.45) is 7.05 Å². The molecule has 1 heterocycles. The van der Waals surface area contributed by atoms with Gasteiger partial charge in [-0.05, 0) is 7.05 Å². The molecule has 0 unspecified atom stereocenters. The molecule has 0 aliphatic carbocycles. The molecule has 0 aliphatic rings. The van der Waals surface area contributed by atoms with Gasteiger partial charge in [0.1, 0.15) is 11.5 Å². The first-order valence-electron chi connectivity index (χ1n) is 5.97. The molecule has 0 aliphatic heterocycles. The molecule has 108 valence electrons. The van der Waals surface area contributed by atoms with Crippen LogP contribution in [0.1, 0.15) is 0 Å². The van der Waals surface area contributed by atoms with E-state index >= 15 is 0 Å². The number of hydrogen-bond acceptors (Lipinski definition) is 6. The van der Waals surface area contributed by atoms with Crippen LogP contribution < -0.4 is 22.3 Å². The van der Waals surface area contributed by atoms with E-state index in [1.807, 2.05) is 7.05 Å². The van der Waals surface area contributed by atoms with Gasteiger partial charge in [0.05, 0.1) is 6.61 Å². The lowest BCUT2D eigenvalue weighted by atomic mass is 10.4. The Bertz CT molecular complexity index is 522. The quantitative estimate of drug-likeness (QED) is 0.566. The highest BCUT2D eigenvalue weighted by atomic mass is 16.5. The maximum absolute atomic E-state index is 11.6. The molecule has 1 rings (SSSR count). The number of aromatic nitrogens is 2. The number of nitrogens with two attached hydrogens (primary N) is 1. The van der Waals surface area contributed by atoms with Crippen molar-refractivity contribution in [3.05, 3.63) is 20.8 Å². The van der Waals surface area contributed by atoms with Gasteiger partial charge in [0, 0.05) is 33.8 Å². The molecule has 4 N–H and O–H groups in total. The Kier molecular flexibility index (Phi) is 5.58. The van der Waals surface area contributed by atoms with Crippen molar-refractivity contribution in [1.82, 2.24) is 14.5 Å². The van der Waals surface area contributed by atoms with Crippen LogP contribution in [0.25, 0.3) is 0 Å². The summed E-state index contributed by atoms with van der Waals surface area (Å²) in [6, 6.07) is 0. The van der Waals surface area contributed by atoms with Crippen LogP contribution in [0.3, 0.4) is 0 Å². The third-order valence-electron chi connectivity index (χ3n) is 2.84. The molecule has 1 aromatic rings. The van der Waals surface area contributed by atoms with Crippen molar-refractivity contribution in [3.63, 3.8) is 0 Å². The van der Waals surface area contributed by atoms with E-state index in [1.165, 1.54) is 11.6 Å². The lowest BCUT2D eigenvalue weighted by Crippen LogP contribution is -2.34. The average Bonchev–Trinajstić information content (AvgIpc) is 2.37. The Morgan fingerprint density at radius 3 is 2.74 bits per heavy atom. The van der Waals surface area contributed by atoms with Gasteiger partial charge in [0.15, 0.2) is 0 Å². The largest absolute Gasteiger partial charge is 0.383 e. The smallest absolute Gasteiger partial charge is 0.329 e. The Hall–Kier alpha value is -1.80. The molecule has 0 saturated heterocycles. The van der Waals surface area contributed by atoms with Crippen LogP contribution in [0.5, 0.6) is 0 Å². The summed E-state index contributed by atoms with van der Waals surface area (Å²) >= 11 is 0. The van der Waals surface area contributed by atoms with Gasteiger partial charge in [-0.15, -0.1) is 0 Å². The number of H-pyrrole nitrogens is 1. The van der Waals surface area contributed by atoms with Gasteiger partial charge in [-0.2, -0.15) is 0 Å². The Morgan fingerprint density at radius 1 is 1.42 bits per heavy atom. The lowest BCUT2D eigenvalue weighted by molar-refractivity contribution is 0.163. The number of nitrogens with one attached hydrogen (secondary N) is 2. The summed E-state index contributed by atoms with van der Waals surface area (Å²) < 4.78 is 6.16. The summed E-state index contributed by atoms with van der Waals surface area (Å²) in [6.45, 7) is 2.73. The van der Waals surface area contributed by atoms with Crippen molar-refractivity contribution < 1.29 is 4.74 Å². The summed E-state index contributed by atoms with van der Waals surface area (Å²) in [4.78, 5) is 27.2. The molecule has 8 nitrogen and oxygen atoms in total. The van der Waals surface area contributed by atoms with Gasteiger partial charge >= 0.3 is 5.69 Å². The first-order valence-corrected chi connectivity index (χ1v) is 5.97. The second kappa shape index (κ2) is 6.95. The summed E-state index contributed by atoms with van der Waals surface area (Å²) in [5.74, 6) is 0.133. The van der Waals surface area contributed by atoms with Gasteiger partial charge in [0.2, 0.25) is 0 Å². The second-order valence-corrected chi connectivity index (χ2v) is 4.30. The molecular weight excluding hydrogens is 250 g/mol. The van der Waals surface area contributed by atoms with Crippen molar-refractivity contribution in [3.8, 4) is 0 Å². The van der Waals surface area contributed by atoms with Crippen LogP contribution >= 0.6 is 0 Å². The third-order valence-corrected chi connectivity index (χ3v) is 2.84. The summed E-state index contributed by atoms with van der Waals surface area (Å²) in [7, 11) is 5.11. The highest BCUT2D eigenvalue weighted by Crippen LogP contribution is 2.07. The molecule has 0 radical (unpaired) electrons. The van der Waals surface area contributed by atoms with E-state index in [0.717, 1.165) is 13.1 Å². The minimum absolute atomic E-state index is 0.133. The fourth-order valence-corrected chi connectivity index (χ4v) is 1.54. The van der Waals surface area contributed by atoms with Gasteiger partial charge in [0.25, 0.3) is 5.56 Å². The molecule has 0 fully saturated rings. The molecule has 0 bridgehead atoms. The maximum atomic E-state index is 11.6. The molecule has 0 spiro atoms. The van der Waals surface area contributed by atoms with Crippen LogP contribution in [0.15, 0.2) is 9.59 Å². The molecular formula is C11H21N5O3. The monoisotopic (exact) mass is 271 g/mol. The Balaban J connectivity index is 2.62. The van der Waals surface area contributed by atoms with Gasteiger partial charge in [-0.3, -0.25) is 14.3 Å². The molecule has 8 heteroatoms. The first-order chi connectivity index (χ1) is 8.97. The van der Waals surface area contributed by atoms with Gasteiger partial charge < -0.3 is 20.7 Å². The Morgan fingerprint density at radius 2 is 2.11 bits per heavy atom. The SMILES string of the molecule is COCCN(C)CCNc1c(N)n(C)c(=O)[nH]c1=O. The highest BCUT2D eigenvalue weighted by molar-refractivity contribution is 5.60. The topological polar surface area (TPSA) is 105 Å². The summed E-state index contributed by atoms with van der Waals surface area (Å²) in [6.07, 6.45) is 0. The zero-order chi connectivity index (χ0) is 14.4. The lowest BCUT2D eigenvalue weighted by Gasteiger charge is -2.17. The molecule has 19 heavy (non-hydrogen) atoms. The zero-order valence-electron chi connectivity index (χ0n) is 11.5. The maximum Gasteiger partial charge on any atom is 0.329 e. The number of nitrogens with zero attached hydrogens (tertiary/aromatic N) is 2. The number of methoxy groups -OCH3 is 1. The van der Waals surface area contributed by atoms with E-state index in [4.69, 9.17) is 10.5 Å². The standard InChI is InChI=1S/C11H21N5O3/c1-15(6-7-19-3)5-4-13-8-9(12)16(2)11(18)14-10(8)17/h13H,4-7,12H2,1-3H3,(H,14,17,18). The van der Waals surface area contributed by atoms with E-state index < -0.39 is 11.2 Å². The zero-order valence-corrected chi connectivity index (χ0v) is 11.5. The van der Waals surface area contributed by atoms with E-state index in [9.17, 15) is 9.59 Å². The average molecular weight is 271 g/mol. The number of anilines is 2. The van der Waals surface area contributed by atoms with E-state index in [0.29, 0.717) is 13.2 Å². The second-order valence-electron chi connectivity index (χ2n) is 4.30. The fraction of sp³-hybridized carbons (Fsp3) is 0.636. The molecule has 0 atom stereocenters. The minimum Gasteiger partial charge on any atom is -0.383 e. The minimum atomic E-state index is -0.523. The number of nitrogen functional groups attached to an aromatic ring is 1. The molecule has 0 saturated carbocycles. The molecule has 1 aromatic heterocycles. The van der Waals surface area contributed by atoms with Crippen molar-refractivity contribution in [1.29, 1.82) is 0 Å². The summed E-state index contributed by atoms with van der Waals surface area (Å²) in [5, 5.41) is 2.95. The number of rotatable bonds is 7. The predicted octanol–water partition coefficient (Wildman–Crippen LogP) is -1.35. The first kappa shape index (κ1) is 15.3. The van der Waals surface area contributed by atoms with Crippen LogP contribution in [0, 0.1) is 0 Å². The molecule has 0 amide bonds. The Labute approximate surface area is 111 Å². The van der Waals surface area contributed by atoms with E-state index in [2.05, 4.69) is 15.2 Å². The van der Waals surface area contributed by atoms with E-state index in [1.54, 1.807) is 7.11 Å². The number of hydrogen-bond donors (Lipinski definition) is 3. The highest BCUT2D eigenvalue weighted by Gasteiger charge is 2.09. The van der Waals surface area contributed by atoms with Gasteiger partial charge in [-0.25, -0.2) is 4.79 Å². The number of ether oxygens (including phenoxy) is 1. The fourth-order valence-electron chi connectivity index (χ4n) is 1.54. The van der Waals surface area contributed by atoms with Crippen molar-refractivity contribution in [2.45, 2.75) is 0 Å². The third kappa shape index (κ3) is 4.11. The van der Waals surface area contributed by atoms with Crippen molar-refractivity contribution in [2.75, 3.05) is 51.4 Å². The normalized spacial score (nSPS) is 10.9. The summed E-state index contributed by atoms with van der Waals surface area (Å²) in [5.41, 5.74) is 4.93. The predicted molar refractivity (Wildman–Crippen MR) is 74.6 cm³/mol. The van der Waals surface area contributed by atoms with Crippen LogP contribution in [-0.4, -0.2) is 54.8 Å². The van der Waals surface area contributed by atoms with Crippen LogP contribution in [0.2, 0.25) is 0 Å². The van der Waals surface area contributed by atoms with Crippen molar-refractivity contribution >= 4 is 11.5 Å². The van der Waals surface area contributed by atoms with Crippen LogP contribution in [0.4, 0.5) is 11.5 Å². The van der Waals surface area contributed by atoms with Gasteiger partial charge in [-0.1, -0.05) is 0 Å².